The minimum absolute atomic E-state index is 0.248. The third-order valence-electron chi connectivity index (χ3n) is 4.90. The van der Waals surface area contributed by atoms with Crippen LogP contribution in [0.2, 0.25) is 10.0 Å². The van der Waals surface area contributed by atoms with Gasteiger partial charge in [0.1, 0.15) is 5.75 Å². The van der Waals surface area contributed by atoms with Gasteiger partial charge in [-0.15, -0.1) is 0 Å². The molecule has 30 heavy (non-hydrogen) atoms. The monoisotopic (exact) mass is 436 g/mol. The van der Waals surface area contributed by atoms with E-state index in [9.17, 15) is 4.79 Å². The highest BCUT2D eigenvalue weighted by Gasteiger charge is 2.21. The molecule has 1 N–H and O–H groups in total. The number of amides is 1. The van der Waals surface area contributed by atoms with Crippen LogP contribution < -0.4 is 10.1 Å². The lowest BCUT2D eigenvalue weighted by molar-refractivity contribution is 0.102. The number of fused-ring (bicyclic) bond motifs is 1. The molecule has 0 atom stereocenters. The number of carbonyl (C=O) groups is 1. The van der Waals surface area contributed by atoms with Crippen LogP contribution in [0.1, 0.15) is 15.9 Å². The van der Waals surface area contributed by atoms with Gasteiger partial charge in [0.2, 0.25) is 0 Å². The highest BCUT2D eigenvalue weighted by molar-refractivity contribution is 6.36. The molecule has 150 valence electrons. The third-order valence-corrected chi connectivity index (χ3v) is 5.45. The molecule has 6 heteroatoms. The van der Waals surface area contributed by atoms with Crippen molar-refractivity contribution in [3.05, 3.63) is 87.9 Å². The molecule has 0 fully saturated rings. The summed E-state index contributed by atoms with van der Waals surface area (Å²) in [7, 11) is 1.57. The summed E-state index contributed by atoms with van der Waals surface area (Å²) in [6.45, 7) is 1.87. The summed E-state index contributed by atoms with van der Waals surface area (Å²) in [5.74, 6) is 0.338. The fraction of sp³-hybridized carbons (Fsp3) is 0.0833. The lowest BCUT2D eigenvalue weighted by Crippen LogP contribution is -2.16. The van der Waals surface area contributed by atoms with Crippen molar-refractivity contribution in [1.82, 2.24) is 4.98 Å². The van der Waals surface area contributed by atoms with Crippen molar-refractivity contribution < 1.29 is 9.53 Å². The van der Waals surface area contributed by atoms with Crippen molar-refractivity contribution in [1.29, 1.82) is 0 Å². The Labute approximate surface area is 184 Å². The van der Waals surface area contributed by atoms with E-state index >= 15 is 0 Å². The van der Waals surface area contributed by atoms with Crippen LogP contribution in [0.4, 0.5) is 5.69 Å². The van der Waals surface area contributed by atoms with Gasteiger partial charge in [-0.2, -0.15) is 0 Å². The summed E-state index contributed by atoms with van der Waals surface area (Å²) in [4.78, 5) is 18.2. The van der Waals surface area contributed by atoms with Gasteiger partial charge >= 0.3 is 0 Å². The zero-order valence-corrected chi connectivity index (χ0v) is 17.9. The average Bonchev–Trinajstić information content (AvgIpc) is 2.74. The molecule has 4 nitrogen and oxygen atoms in total. The Morgan fingerprint density at radius 3 is 2.50 bits per heavy atom. The molecule has 0 unspecified atom stereocenters. The summed E-state index contributed by atoms with van der Waals surface area (Å²) < 4.78 is 5.36. The molecule has 4 rings (SSSR count). The van der Waals surface area contributed by atoms with Gasteiger partial charge in [-0.05, 0) is 48.9 Å². The summed E-state index contributed by atoms with van der Waals surface area (Å²) >= 11 is 12.5. The number of rotatable bonds is 4. The molecular weight excluding hydrogens is 419 g/mol. The van der Waals surface area contributed by atoms with E-state index in [4.69, 9.17) is 32.9 Å². The number of benzene rings is 3. The largest absolute Gasteiger partial charge is 0.495 e. The number of carbonyl (C=O) groups excluding carboxylic acids is 1. The molecular formula is C24H18Cl2N2O2. The maximum Gasteiger partial charge on any atom is 0.256 e. The van der Waals surface area contributed by atoms with E-state index in [1.807, 2.05) is 49.4 Å². The highest BCUT2D eigenvalue weighted by Crippen LogP contribution is 2.35. The van der Waals surface area contributed by atoms with Crippen LogP contribution in [0.5, 0.6) is 5.75 Å². The number of anilines is 1. The van der Waals surface area contributed by atoms with Gasteiger partial charge in [-0.1, -0.05) is 53.5 Å². The van der Waals surface area contributed by atoms with E-state index < -0.39 is 0 Å². The molecule has 1 heterocycles. The van der Waals surface area contributed by atoms with Crippen molar-refractivity contribution in [2.45, 2.75) is 6.92 Å². The Balaban J connectivity index is 1.90. The summed E-state index contributed by atoms with van der Waals surface area (Å²) in [6, 6.07) is 20.1. The van der Waals surface area contributed by atoms with E-state index in [2.05, 4.69) is 5.32 Å². The lowest BCUT2D eigenvalue weighted by atomic mass is 9.97. The number of hydrogen-bond acceptors (Lipinski definition) is 3. The predicted octanol–water partition coefficient (Wildman–Crippen LogP) is 6.78. The van der Waals surface area contributed by atoms with Gasteiger partial charge in [0.25, 0.3) is 5.91 Å². The van der Waals surface area contributed by atoms with Crippen molar-refractivity contribution in [3.63, 3.8) is 0 Å². The smallest absolute Gasteiger partial charge is 0.256 e. The number of methoxy groups -OCH3 is 1. The third kappa shape index (κ3) is 3.72. The van der Waals surface area contributed by atoms with Crippen molar-refractivity contribution in [2.24, 2.45) is 0 Å². The molecule has 1 amide bonds. The molecule has 0 aliphatic carbocycles. The maximum absolute atomic E-state index is 13.4. The second kappa shape index (κ2) is 8.34. The Morgan fingerprint density at radius 2 is 1.73 bits per heavy atom. The van der Waals surface area contributed by atoms with E-state index in [0.29, 0.717) is 38.3 Å². The van der Waals surface area contributed by atoms with E-state index in [0.717, 1.165) is 16.5 Å². The maximum atomic E-state index is 13.4. The first-order valence-electron chi connectivity index (χ1n) is 9.28. The fourth-order valence-electron chi connectivity index (χ4n) is 3.48. The SMILES string of the molecule is COc1ccccc1NC(=O)c1c(C)c(-c2ccc(Cl)cc2Cl)nc2ccccc12. The van der Waals surface area contributed by atoms with Gasteiger partial charge in [-0.25, -0.2) is 4.98 Å². The number of para-hydroxylation sites is 3. The molecule has 1 aromatic heterocycles. The van der Waals surface area contributed by atoms with Gasteiger partial charge in [-0.3, -0.25) is 4.79 Å². The summed E-state index contributed by atoms with van der Waals surface area (Å²) in [6.07, 6.45) is 0. The molecule has 0 saturated carbocycles. The van der Waals surface area contributed by atoms with Crippen LogP contribution >= 0.6 is 23.2 Å². The van der Waals surface area contributed by atoms with Crippen molar-refractivity contribution in [2.75, 3.05) is 12.4 Å². The highest BCUT2D eigenvalue weighted by atomic mass is 35.5. The molecule has 0 bridgehead atoms. The van der Waals surface area contributed by atoms with Crippen LogP contribution in [0, 0.1) is 6.92 Å². The van der Waals surface area contributed by atoms with E-state index in [1.165, 1.54) is 0 Å². The fourth-order valence-corrected chi connectivity index (χ4v) is 3.97. The molecule has 3 aromatic carbocycles. The minimum Gasteiger partial charge on any atom is -0.495 e. The number of aromatic nitrogens is 1. The predicted molar refractivity (Wildman–Crippen MR) is 123 cm³/mol. The Morgan fingerprint density at radius 1 is 1.00 bits per heavy atom. The minimum atomic E-state index is -0.248. The Hall–Kier alpha value is -3.08. The molecule has 0 aliphatic rings. The summed E-state index contributed by atoms with van der Waals surface area (Å²) in [5, 5.41) is 4.74. The molecule has 0 radical (unpaired) electrons. The second-order valence-electron chi connectivity index (χ2n) is 6.76. The molecule has 0 saturated heterocycles. The van der Waals surface area contributed by atoms with Gasteiger partial charge in [0.15, 0.2) is 0 Å². The van der Waals surface area contributed by atoms with Crippen molar-refractivity contribution >= 4 is 45.7 Å². The first-order chi connectivity index (χ1) is 14.5. The topological polar surface area (TPSA) is 51.2 Å². The first-order valence-corrected chi connectivity index (χ1v) is 10.0. The number of ether oxygens (including phenoxy) is 1. The lowest BCUT2D eigenvalue weighted by Gasteiger charge is -2.16. The standard InChI is InChI=1S/C24H18Cl2N2O2/c1-14-22(24(29)28-20-9-5-6-10-21(20)30-2)17-7-3-4-8-19(17)27-23(14)16-12-11-15(25)13-18(16)26/h3-13H,1-2H3,(H,28,29). The normalized spacial score (nSPS) is 10.8. The van der Waals surface area contributed by atoms with Crippen LogP contribution in [0.25, 0.3) is 22.2 Å². The van der Waals surface area contributed by atoms with Crippen molar-refractivity contribution in [3.8, 4) is 17.0 Å². The van der Waals surface area contributed by atoms with Crippen LogP contribution in [-0.2, 0) is 0 Å². The second-order valence-corrected chi connectivity index (χ2v) is 7.60. The average molecular weight is 437 g/mol. The van der Waals surface area contributed by atoms with Crippen LogP contribution in [-0.4, -0.2) is 18.0 Å². The summed E-state index contributed by atoms with van der Waals surface area (Å²) in [5.41, 5.74) is 3.92. The van der Waals surface area contributed by atoms with Crippen LogP contribution in [0.15, 0.2) is 66.7 Å². The van der Waals surface area contributed by atoms with Crippen LogP contribution in [0.3, 0.4) is 0 Å². The number of pyridine rings is 1. The van der Waals surface area contributed by atoms with E-state index in [1.54, 1.807) is 31.4 Å². The molecule has 0 aliphatic heterocycles. The number of nitrogens with one attached hydrogen (secondary N) is 1. The zero-order valence-electron chi connectivity index (χ0n) is 16.4. The molecule has 0 spiro atoms. The first kappa shape index (κ1) is 20.2. The quantitative estimate of drug-likeness (QED) is 0.383. The van der Waals surface area contributed by atoms with Gasteiger partial charge < -0.3 is 10.1 Å². The van der Waals surface area contributed by atoms with E-state index in [-0.39, 0.29) is 5.91 Å². The number of hydrogen-bond donors (Lipinski definition) is 1. The Kier molecular flexibility index (Phi) is 5.62. The van der Waals surface area contributed by atoms with Gasteiger partial charge in [0.05, 0.1) is 34.6 Å². The van der Waals surface area contributed by atoms with Gasteiger partial charge in [0, 0.05) is 16.0 Å². The molecule has 4 aromatic rings. The number of nitrogens with zero attached hydrogens (tertiary/aromatic N) is 1. The Bertz CT molecular complexity index is 1270. The zero-order chi connectivity index (χ0) is 21.3. The number of halogens is 2.